The Morgan fingerprint density at radius 2 is 2.20 bits per heavy atom. The number of halogens is 1. The maximum Gasteiger partial charge on any atom is 0.236 e. The van der Waals surface area contributed by atoms with Crippen LogP contribution in [0.2, 0.25) is 0 Å². The summed E-state index contributed by atoms with van der Waals surface area (Å²) in [6, 6.07) is 4.46. The molecule has 106 valence electrons. The molecule has 1 amide bonds. The number of benzene rings is 1. The Kier molecular flexibility index (Phi) is 3.40. The van der Waals surface area contributed by atoms with Gasteiger partial charge in [0, 0.05) is 30.5 Å². The second-order valence-electron chi connectivity index (χ2n) is 5.07. The molecule has 5 nitrogen and oxygen atoms in total. The summed E-state index contributed by atoms with van der Waals surface area (Å²) in [7, 11) is 0. The zero-order chi connectivity index (χ0) is 14.1. The maximum absolute atomic E-state index is 13.1. The number of carbonyl (C=O) groups excluding carboxylic acids is 1. The molecule has 1 aliphatic rings. The van der Waals surface area contributed by atoms with E-state index in [1.165, 1.54) is 12.1 Å². The van der Waals surface area contributed by atoms with Gasteiger partial charge in [0.15, 0.2) is 5.58 Å². The van der Waals surface area contributed by atoms with Gasteiger partial charge in [-0.25, -0.2) is 4.39 Å². The van der Waals surface area contributed by atoms with E-state index in [1.807, 2.05) is 0 Å². The van der Waals surface area contributed by atoms with Crippen molar-refractivity contribution in [3.8, 4) is 0 Å². The van der Waals surface area contributed by atoms with Crippen LogP contribution in [0.4, 0.5) is 4.39 Å². The predicted octanol–water partition coefficient (Wildman–Crippen LogP) is 1.63. The van der Waals surface area contributed by atoms with Gasteiger partial charge in [-0.3, -0.25) is 4.79 Å². The van der Waals surface area contributed by atoms with E-state index in [2.05, 4.69) is 5.16 Å². The molecule has 0 unspecified atom stereocenters. The Bertz CT molecular complexity index is 632. The summed E-state index contributed by atoms with van der Waals surface area (Å²) in [6.07, 6.45) is 1.65. The van der Waals surface area contributed by atoms with Crippen molar-refractivity contribution in [1.29, 1.82) is 0 Å². The molecule has 1 aromatic carbocycles. The van der Waals surface area contributed by atoms with Gasteiger partial charge in [0.05, 0.1) is 12.2 Å². The molecule has 2 heterocycles. The summed E-state index contributed by atoms with van der Waals surface area (Å²) < 4.78 is 18.3. The predicted molar refractivity (Wildman–Crippen MR) is 71.6 cm³/mol. The molecule has 3 rings (SSSR count). The molecular formula is C14H16FN3O2. The van der Waals surface area contributed by atoms with Gasteiger partial charge in [-0.1, -0.05) is 5.16 Å². The van der Waals surface area contributed by atoms with Crippen molar-refractivity contribution in [2.45, 2.75) is 18.8 Å². The maximum atomic E-state index is 13.1. The fraction of sp³-hybridized carbons (Fsp3) is 0.429. The average Bonchev–Trinajstić information content (AvgIpc) is 2.89. The molecule has 0 radical (unpaired) electrons. The Morgan fingerprint density at radius 1 is 1.45 bits per heavy atom. The van der Waals surface area contributed by atoms with Crippen LogP contribution in [-0.4, -0.2) is 35.6 Å². The number of fused-ring (bicyclic) bond motifs is 1. The molecule has 0 spiro atoms. The van der Waals surface area contributed by atoms with Crippen LogP contribution < -0.4 is 5.73 Å². The van der Waals surface area contributed by atoms with Gasteiger partial charge < -0.3 is 15.2 Å². The minimum Gasteiger partial charge on any atom is -0.356 e. The van der Waals surface area contributed by atoms with Crippen molar-refractivity contribution in [2.24, 2.45) is 5.73 Å². The highest BCUT2D eigenvalue weighted by atomic mass is 19.1. The SMILES string of the molecule is NCC(=O)N1CCC(c2noc3cc(F)ccc23)CC1. The van der Waals surface area contributed by atoms with Crippen LogP contribution >= 0.6 is 0 Å². The monoisotopic (exact) mass is 277 g/mol. The molecule has 0 aliphatic carbocycles. The van der Waals surface area contributed by atoms with E-state index in [0.717, 1.165) is 23.9 Å². The summed E-state index contributed by atoms with van der Waals surface area (Å²) in [4.78, 5) is 13.3. The van der Waals surface area contributed by atoms with Gasteiger partial charge in [0.1, 0.15) is 5.82 Å². The van der Waals surface area contributed by atoms with Crippen molar-refractivity contribution in [2.75, 3.05) is 19.6 Å². The van der Waals surface area contributed by atoms with E-state index in [0.29, 0.717) is 18.7 Å². The first kappa shape index (κ1) is 13.1. The number of nitrogens with zero attached hydrogens (tertiary/aromatic N) is 2. The second-order valence-corrected chi connectivity index (χ2v) is 5.07. The first-order chi connectivity index (χ1) is 9.69. The summed E-state index contributed by atoms with van der Waals surface area (Å²) in [6.45, 7) is 1.41. The standard InChI is InChI=1S/C14H16FN3O2/c15-10-1-2-11-12(7-10)20-17-14(11)9-3-5-18(6-4-9)13(19)8-16/h1-2,7,9H,3-6,8,16H2. The lowest BCUT2D eigenvalue weighted by molar-refractivity contribution is -0.130. The van der Waals surface area contributed by atoms with Crippen molar-refractivity contribution in [3.05, 3.63) is 29.7 Å². The van der Waals surface area contributed by atoms with Gasteiger partial charge >= 0.3 is 0 Å². The van der Waals surface area contributed by atoms with Gasteiger partial charge in [0.25, 0.3) is 0 Å². The smallest absolute Gasteiger partial charge is 0.236 e. The van der Waals surface area contributed by atoms with E-state index >= 15 is 0 Å². The Balaban J connectivity index is 1.78. The van der Waals surface area contributed by atoms with E-state index in [-0.39, 0.29) is 24.2 Å². The number of nitrogens with two attached hydrogens (primary N) is 1. The number of aromatic nitrogens is 1. The molecule has 1 saturated heterocycles. The van der Waals surface area contributed by atoms with E-state index in [9.17, 15) is 9.18 Å². The van der Waals surface area contributed by atoms with Gasteiger partial charge in [-0.2, -0.15) is 0 Å². The van der Waals surface area contributed by atoms with Gasteiger partial charge in [-0.05, 0) is 25.0 Å². The van der Waals surface area contributed by atoms with Gasteiger partial charge in [0.2, 0.25) is 5.91 Å². The molecule has 20 heavy (non-hydrogen) atoms. The third kappa shape index (κ3) is 2.27. The Morgan fingerprint density at radius 3 is 2.90 bits per heavy atom. The highest BCUT2D eigenvalue weighted by molar-refractivity contribution is 5.80. The third-order valence-corrected chi connectivity index (χ3v) is 3.87. The molecule has 1 aromatic heterocycles. The molecule has 1 aliphatic heterocycles. The van der Waals surface area contributed by atoms with E-state index < -0.39 is 0 Å². The lowest BCUT2D eigenvalue weighted by Crippen LogP contribution is -2.41. The van der Waals surface area contributed by atoms with Crippen LogP contribution in [0.15, 0.2) is 22.7 Å². The molecule has 2 aromatic rings. The van der Waals surface area contributed by atoms with Crippen LogP contribution in [-0.2, 0) is 4.79 Å². The first-order valence-corrected chi connectivity index (χ1v) is 6.71. The number of rotatable bonds is 2. The zero-order valence-corrected chi connectivity index (χ0v) is 11.0. The zero-order valence-electron chi connectivity index (χ0n) is 11.0. The summed E-state index contributed by atoms with van der Waals surface area (Å²) >= 11 is 0. The number of carbonyl (C=O) groups is 1. The lowest BCUT2D eigenvalue weighted by Gasteiger charge is -2.30. The number of piperidine rings is 1. The summed E-state index contributed by atoms with van der Waals surface area (Å²) in [5.74, 6) is -0.109. The number of hydrogen-bond acceptors (Lipinski definition) is 4. The molecule has 2 N–H and O–H groups in total. The van der Waals surface area contributed by atoms with Crippen LogP contribution in [0.5, 0.6) is 0 Å². The molecular weight excluding hydrogens is 261 g/mol. The number of hydrogen-bond donors (Lipinski definition) is 1. The normalized spacial score (nSPS) is 16.8. The average molecular weight is 277 g/mol. The lowest BCUT2D eigenvalue weighted by atomic mass is 9.91. The number of likely N-dealkylation sites (tertiary alicyclic amines) is 1. The Hall–Kier alpha value is -1.95. The quantitative estimate of drug-likeness (QED) is 0.905. The topological polar surface area (TPSA) is 72.4 Å². The molecule has 0 atom stereocenters. The second kappa shape index (κ2) is 5.20. The van der Waals surface area contributed by atoms with Crippen LogP contribution in [0, 0.1) is 5.82 Å². The van der Waals surface area contributed by atoms with Crippen LogP contribution in [0.25, 0.3) is 11.0 Å². The van der Waals surface area contributed by atoms with Crippen LogP contribution in [0.3, 0.4) is 0 Å². The van der Waals surface area contributed by atoms with Crippen molar-refractivity contribution in [1.82, 2.24) is 10.1 Å². The fourth-order valence-corrected chi connectivity index (χ4v) is 2.76. The minimum absolute atomic E-state index is 0.0180. The van der Waals surface area contributed by atoms with E-state index in [4.69, 9.17) is 10.3 Å². The molecule has 6 heteroatoms. The molecule has 0 saturated carbocycles. The largest absolute Gasteiger partial charge is 0.356 e. The van der Waals surface area contributed by atoms with Crippen molar-refractivity contribution in [3.63, 3.8) is 0 Å². The fourth-order valence-electron chi connectivity index (χ4n) is 2.76. The van der Waals surface area contributed by atoms with E-state index in [1.54, 1.807) is 11.0 Å². The molecule has 0 bridgehead atoms. The highest BCUT2D eigenvalue weighted by Crippen LogP contribution is 2.32. The molecule has 1 fully saturated rings. The first-order valence-electron chi connectivity index (χ1n) is 6.71. The Labute approximate surface area is 115 Å². The number of amides is 1. The summed E-state index contributed by atoms with van der Waals surface area (Å²) in [5, 5.41) is 4.94. The third-order valence-electron chi connectivity index (χ3n) is 3.87. The minimum atomic E-state index is -0.330. The van der Waals surface area contributed by atoms with Crippen molar-refractivity contribution >= 4 is 16.9 Å². The van der Waals surface area contributed by atoms with Gasteiger partial charge in [-0.15, -0.1) is 0 Å². The summed E-state index contributed by atoms with van der Waals surface area (Å²) in [5.41, 5.74) is 6.70. The van der Waals surface area contributed by atoms with Crippen molar-refractivity contribution < 1.29 is 13.7 Å². The highest BCUT2D eigenvalue weighted by Gasteiger charge is 2.26. The van der Waals surface area contributed by atoms with Crippen LogP contribution in [0.1, 0.15) is 24.5 Å².